The van der Waals surface area contributed by atoms with Gasteiger partial charge in [0.2, 0.25) is 5.69 Å². The van der Waals surface area contributed by atoms with Crippen LogP contribution in [0.2, 0.25) is 0 Å². The van der Waals surface area contributed by atoms with E-state index in [9.17, 15) is 0 Å². The molecule has 1 aromatic heterocycles. The summed E-state index contributed by atoms with van der Waals surface area (Å²) in [5, 5.41) is 2.65. The first kappa shape index (κ1) is 13.5. The first-order valence-electron chi connectivity index (χ1n) is 8.37. The molecule has 0 bridgehead atoms. The van der Waals surface area contributed by atoms with Crippen molar-refractivity contribution >= 4 is 10.8 Å². The number of aromatic nitrogens is 1. The summed E-state index contributed by atoms with van der Waals surface area (Å²) in [6, 6.07) is 24.3. The van der Waals surface area contributed by atoms with Crippen molar-refractivity contribution in [1.82, 2.24) is 0 Å². The average Bonchev–Trinajstić information content (AvgIpc) is 2.74. The normalized spacial score (nSPS) is 11.8. The number of nitrogens with zero attached hydrogens (tertiary/aromatic N) is 1. The zero-order valence-electron chi connectivity index (χ0n) is 13.9. The number of fused-ring (bicyclic) bond motifs is 5. The van der Waals surface area contributed by atoms with Gasteiger partial charge in [-0.1, -0.05) is 60.7 Å². The van der Waals surface area contributed by atoms with Gasteiger partial charge in [0.15, 0.2) is 6.20 Å². The maximum Gasteiger partial charge on any atom is 0.221 e. The summed E-state index contributed by atoms with van der Waals surface area (Å²) < 4.78 is 2.27. The molecule has 0 saturated carbocycles. The molecule has 1 heteroatoms. The van der Waals surface area contributed by atoms with Crippen molar-refractivity contribution in [3.63, 3.8) is 0 Å². The van der Waals surface area contributed by atoms with Gasteiger partial charge in [0.05, 0.1) is 10.9 Å². The van der Waals surface area contributed by atoms with Crippen LogP contribution in [0, 0.1) is 6.92 Å². The minimum atomic E-state index is 1.30. The molecule has 0 amide bonds. The largest absolute Gasteiger partial charge is 0.221 e. The van der Waals surface area contributed by atoms with Crippen LogP contribution in [0.15, 0.2) is 72.9 Å². The lowest BCUT2D eigenvalue weighted by Gasteiger charge is -2.11. The second-order valence-electron chi connectivity index (χ2n) is 6.59. The Kier molecular flexibility index (Phi) is 2.69. The van der Waals surface area contributed by atoms with Crippen LogP contribution in [0.25, 0.3) is 44.3 Å². The Morgan fingerprint density at radius 2 is 1.33 bits per heavy atom. The molecule has 24 heavy (non-hydrogen) atoms. The van der Waals surface area contributed by atoms with Crippen LogP contribution in [-0.2, 0) is 7.05 Å². The van der Waals surface area contributed by atoms with E-state index in [4.69, 9.17) is 0 Å². The summed E-state index contributed by atoms with van der Waals surface area (Å²) >= 11 is 0. The number of hydrogen-bond donors (Lipinski definition) is 0. The van der Waals surface area contributed by atoms with E-state index in [1.54, 1.807) is 0 Å². The van der Waals surface area contributed by atoms with Crippen molar-refractivity contribution in [3.8, 4) is 33.5 Å². The van der Waals surface area contributed by atoms with Gasteiger partial charge in [-0.2, -0.15) is 0 Å². The fraction of sp³-hybridized carbons (Fsp3) is 0.0870. The minimum Gasteiger partial charge on any atom is -0.200 e. The van der Waals surface area contributed by atoms with Gasteiger partial charge < -0.3 is 0 Å². The monoisotopic (exact) mass is 308 g/mol. The molecule has 1 aliphatic rings. The summed E-state index contributed by atoms with van der Waals surface area (Å²) in [5.74, 6) is 0. The topological polar surface area (TPSA) is 3.88 Å². The molecule has 114 valence electrons. The first-order chi connectivity index (χ1) is 11.8. The molecule has 0 spiro atoms. The average molecular weight is 308 g/mol. The SMILES string of the molecule is Cc1cccc2c1-c1c3c(cccc3cc[n+]1C)-c1ccccc1-2. The van der Waals surface area contributed by atoms with Gasteiger partial charge in [0.25, 0.3) is 0 Å². The van der Waals surface area contributed by atoms with Crippen molar-refractivity contribution in [3.05, 3.63) is 78.5 Å². The molecular formula is C23H18N+. The van der Waals surface area contributed by atoms with Crippen LogP contribution in [0.5, 0.6) is 0 Å². The van der Waals surface area contributed by atoms with Gasteiger partial charge in [-0.15, -0.1) is 0 Å². The fourth-order valence-corrected chi connectivity index (χ4v) is 4.10. The van der Waals surface area contributed by atoms with Gasteiger partial charge in [-0.05, 0) is 40.1 Å². The summed E-state index contributed by atoms with van der Waals surface area (Å²) in [6.07, 6.45) is 2.17. The quantitative estimate of drug-likeness (QED) is 0.342. The van der Waals surface area contributed by atoms with E-state index in [1.165, 1.54) is 49.8 Å². The summed E-state index contributed by atoms with van der Waals surface area (Å²) in [6.45, 7) is 2.22. The Bertz CT molecular complexity index is 1120. The molecule has 0 unspecified atom stereocenters. The van der Waals surface area contributed by atoms with Crippen LogP contribution >= 0.6 is 0 Å². The van der Waals surface area contributed by atoms with Crippen LogP contribution in [0.3, 0.4) is 0 Å². The molecule has 0 radical (unpaired) electrons. The lowest BCUT2D eigenvalue weighted by Crippen LogP contribution is -2.30. The molecule has 1 heterocycles. The molecule has 5 rings (SSSR count). The lowest BCUT2D eigenvalue weighted by molar-refractivity contribution is -0.659. The summed E-state index contributed by atoms with van der Waals surface area (Å²) in [5.41, 5.74) is 9.27. The number of aryl methyl sites for hydroxylation is 2. The van der Waals surface area contributed by atoms with Gasteiger partial charge in [0.1, 0.15) is 7.05 Å². The number of rotatable bonds is 0. The fourth-order valence-electron chi connectivity index (χ4n) is 4.10. The Balaban J connectivity index is 2.14. The predicted octanol–water partition coefficient (Wildman–Crippen LogP) is 5.29. The van der Waals surface area contributed by atoms with E-state index >= 15 is 0 Å². The van der Waals surface area contributed by atoms with E-state index in [-0.39, 0.29) is 0 Å². The van der Waals surface area contributed by atoms with Gasteiger partial charge in [-0.25, -0.2) is 4.57 Å². The second kappa shape index (κ2) is 4.78. The molecule has 0 aliphatic heterocycles. The third-order valence-corrected chi connectivity index (χ3v) is 5.18. The van der Waals surface area contributed by atoms with E-state index in [1.807, 2.05) is 0 Å². The molecule has 0 atom stereocenters. The third kappa shape index (κ3) is 1.67. The highest BCUT2D eigenvalue weighted by molar-refractivity contribution is 6.11. The van der Waals surface area contributed by atoms with E-state index < -0.39 is 0 Å². The number of benzene rings is 3. The van der Waals surface area contributed by atoms with Crippen molar-refractivity contribution in [1.29, 1.82) is 0 Å². The van der Waals surface area contributed by atoms with Gasteiger partial charge >= 0.3 is 0 Å². The van der Waals surface area contributed by atoms with Crippen molar-refractivity contribution in [2.45, 2.75) is 6.92 Å². The van der Waals surface area contributed by atoms with E-state index in [2.05, 4.69) is 91.5 Å². The Morgan fingerprint density at radius 3 is 2.17 bits per heavy atom. The smallest absolute Gasteiger partial charge is 0.200 e. The highest BCUT2D eigenvalue weighted by Crippen LogP contribution is 2.46. The zero-order valence-corrected chi connectivity index (χ0v) is 13.9. The maximum absolute atomic E-state index is 2.27. The van der Waals surface area contributed by atoms with Crippen molar-refractivity contribution in [2.24, 2.45) is 7.05 Å². The molecule has 0 N–H and O–H groups in total. The van der Waals surface area contributed by atoms with Crippen LogP contribution in [0.4, 0.5) is 0 Å². The maximum atomic E-state index is 2.27. The minimum absolute atomic E-state index is 1.30. The molecule has 0 fully saturated rings. The van der Waals surface area contributed by atoms with Crippen molar-refractivity contribution < 1.29 is 4.57 Å². The third-order valence-electron chi connectivity index (χ3n) is 5.18. The Hall–Kier alpha value is -2.93. The zero-order chi connectivity index (χ0) is 16.3. The molecule has 3 aromatic carbocycles. The molecule has 1 aliphatic carbocycles. The van der Waals surface area contributed by atoms with Gasteiger partial charge in [0, 0.05) is 6.07 Å². The van der Waals surface area contributed by atoms with Crippen molar-refractivity contribution in [2.75, 3.05) is 0 Å². The molecular weight excluding hydrogens is 290 g/mol. The van der Waals surface area contributed by atoms with E-state index in [0.717, 1.165) is 0 Å². The molecule has 1 nitrogen and oxygen atoms in total. The predicted molar refractivity (Wildman–Crippen MR) is 99.7 cm³/mol. The highest BCUT2D eigenvalue weighted by atomic mass is 14.9. The number of pyridine rings is 1. The summed E-state index contributed by atoms with van der Waals surface area (Å²) in [7, 11) is 2.15. The van der Waals surface area contributed by atoms with E-state index in [0.29, 0.717) is 0 Å². The number of hydrogen-bond acceptors (Lipinski definition) is 0. The second-order valence-corrected chi connectivity index (χ2v) is 6.59. The molecule has 0 saturated heterocycles. The van der Waals surface area contributed by atoms with Crippen LogP contribution in [0.1, 0.15) is 5.56 Å². The van der Waals surface area contributed by atoms with Crippen LogP contribution < -0.4 is 4.57 Å². The standard InChI is InChI=1S/C23H18N/c1-15-7-5-11-19-17-9-3-4-10-18(17)20-12-6-8-16-13-14-24(2)23(21(15)19)22(16)20/h3-14H,1-2H3/q+1. The van der Waals surface area contributed by atoms with Gasteiger partial charge in [-0.3, -0.25) is 0 Å². The molecule has 4 aromatic rings. The van der Waals surface area contributed by atoms with Crippen LogP contribution in [-0.4, -0.2) is 0 Å². The summed E-state index contributed by atoms with van der Waals surface area (Å²) in [4.78, 5) is 0. The highest BCUT2D eigenvalue weighted by Gasteiger charge is 2.27. The Morgan fingerprint density at radius 1 is 0.667 bits per heavy atom. The Labute approximate surface area is 141 Å². The lowest BCUT2D eigenvalue weighted by atomic mass is 9.92. The first-order valence-corrected chi connectivity index (χ1v) is 8.37.